The van der Waals surface area contributed by atoms with Gasteiger partial charge in [0.2, 0.25) is 0 Å². The van der Waals surface area contributed by atoms with Crippen molar-refractivity contribution >= 4 is 29.4 Å². The van der Waals surface area contributed by atoms with E-state index in [0.29, 0.717) is 6.42 Å². The number of ether oxygens (including phenoxy) is 1. The molecule has 29 heavy (non-hydrogen) atoms. The lowest BCUT2D eigenvalue weighted by molar-refractivity contribution is 0.0472. The first-order valence-corrected chi connectivity index (χ1v) is 10.7. The molecule has 0 atom stereocenters. The van der Waals surface area contributed by atoms with Gasteiger partial charge >= 0.3 is 6.09 Å². The lowest BCUT2D eigenvalue weighted by Crippen LogP contribution is -2.47. The van der Waals surface area contributed by atoms with E-state index in [4.69, 9.17) is 10.5 Å². The van der Waals surface area contributed by atoms with Crippen LogP contribution in [-0.4, -0.2) is 17.2 Å². The van der Waals surface area contributed by atoms with E-state index < -0.39 is 17.2 Å². The van der Waals surface area contributed by atoms with E-state index in [1.807, 2.05) is 84.9 Å². The van der Waals surface area contributed by atoms with E-state index in [-0.39, 0.29) is 0 Å². The molecule has 0 spiro atoms. The number of anilines is 2. The molecule has 2 aromatic rings. The highest BCUT2D eigenvalue weighted by atomic mass is 32.2. The molecule has 0 aliphatic rings. The summed E-state index contributed by atoms with van der Waals surface area (Å²) in [5.41, 5.74) is 7.69. The van der Waals surface area contributed by atoms with Gasteiger partial charge in [-0.3, -0.25) is 0 Å². The zero-order valence-electron chi connectivity index (χ0n) is 18.6. The third-order valence-corrected chi connectivity index (χ3v) is 4.45. The highest BCUT2D eigenvalue weighted by Gasteiger charge is 2.24. The number of nitrogens with two attached hydrogens (primary N) is 1. The Hall–Kier alpha value is -2.34. The van der Waals surface area contributed by atoms with E-state index in [1.54, 1.807) is 0 Å². The summed E-state index contributed by atoms with van der Waals surface area (Å²) in [5.74, 6) is 0. The first kappa shape index (κ1) is 24.7. The Morgan fingerprint density at radius 1 is 0.966 bits per heavy atom. The Balaban J connectivity index is 0.00000204. The van der Waals surface area contributed by atoms with Gasteiger partial charge in [-0.25, -0.2) is 4.79 Å². The summed E-state index contributed by atoms with van der Waals surface area (Å²) in [4.78, 5) is 13.1. The normalized spacial score (nSPS) is 11.1. The minimum atomic E-state index is -0.504. The molecule has 0 aliphatic carbocycles. The molecule has 6 heteroatoms. The quantitative estimate of drug-likeness (QED) is 0.382. The molecule has 5 nitrogen and oxygen atoms in total. The van der Waals surface area contributed by atoms with Crippen LogP contribution in [0.5, 0.6) is 0 Å². The fourth-order valence-electron chi connectivity index (χ4n) is 2.48. The maximum absolute atomic E-state index is 12.0. The van der Waals surface area contributed by atoms with Crippen molar-refractivity contribution in [1.82, 2.24) is 5.32 Å². The fourth-order valence-corrected chi connectivity index (χ4v) is 3.12. The van der Waals surface area contributed by atoms with Crippen LogP contribution in [0, 0.1) is 0 Å². The van der Waals surface area contributed by atoms with Gasteiger partial charge in [0.05, 0.1) is 0 Å². The Kier molecular flexibility index (Phi) is 9.37. The zero-order valence-corrected chi connectivity index (χ0v) is 19.4. The van der Waals surface area contributed by atoms with Gasteiger partial charge < -0.3 is 20.5 Å². The summed E-state index contributed by atoms with van der Waals surface area (Å²) in [6, 6.07) is 15.9. The second-order valence-corrected chi connectivity index (χ2v) is 9.04. The van der Waals surface area contributed by atoms with Crippen LogP contribution in [0.4, 0.5) is 16.2 Å². The molecule has 0 unspecified atom stereocenters. The Labute approximate surface area is 179 Å². The van der Waals surface area contributed by atoms with Crippen molar-refractivity contribution in [3.8, 4) is 0 Å². The molecule has 2 rings (SSSR count). The van der Waals surface area contributed by atoms with E-state index in [1.165, 1.54) is 11.9 Å². The van der Waals surface area contributed by atoms with Crippen molar-refractivity contribution < 1.29 is 9.53 Å². The molecule has 0 bridgehead atoms. The summed E-state index contributed by atoms with van der Waals surface area (Å²) in [7, 11) is 0. The Bertz CT molecular complexity index is 751. The zero-order chi connectivity index (χ0) is 22.1. The fraction of sp³-hybridized carbons (Fsp3) is 0.435. The summed E-state index contributed by atoms with van der Waals surface area (Å²) < 4.78 is 8.66. The van der Waals surface area contributed by atoms with Crippen LogP contribution in [-0.2, 0) is 11.2 Å². The van der Waals surface area contributed by atoms with Gasteiger partial charge in [-0.15, -0.1) is 0 Å². The van der Waals surface area contributed by atoms with Crippen molar-refractivity contribution in [3.63, 3.8) is 0 Å². The summed E-state index contributed by atoms with van der Waals surface area (Å²) in [6.07, 6.45) is 0.308. The molecule has 1 amide bonds. The highest BCUT2D eigenvalue weighted by molar-refractivity contribution is 8.00. The summed E-state index contributed by atoms with van der Waals surface area (Å²) >= 11 is 1.54. The third-order valence-electron chi connectivity index (χ3n) is 3.61. The van der Waals surface area contributed by atoms with E-state index in [0.717, 1.165) is 21.8 Å². The molecule has 4 N–H and O–H groups in total. The SMILES string of the molecule is CC.CC(C)(Cc1ccc(NSc2ccc(N)cc2)cc1)NC(=O)OC(C)(C)C. The number of nitrogen functional groups attached to an aromatic ring is 1. The van der Waals surface area contributed by atoms with Gasteiger partial charge in [0.25, 0.3) is 0 Å². The maximum atomic E-state index is 12.0. The van der Waals surface area contributed by atoms with Crippen LogP contribution in [0.25, 0.3) is 0 Å². The molecule has 0 fully saturated rings. The predicted octanol–water partition coefficient (Wildman–Crippen LogP) is 6.26. The Morgan fingerprint density at radius 3 is 2.03 bits per heavy atom. The number of benzene rings is 2. The molecule has 2 aromatic carbocycles. The van der Waals surface area contributed by atoms with Gasteiger partial charge in [-0.05, 0) is 94.9 Å². The van der Waals surface area contributed by atoms with E-state index in [9.17, 15) is 4.79 Å². The van der Waals surface area contributed by atoms with Crippen molar-refractivity contribution in [2.45, 2.75) is 70.9 Å². The first-order chi connectivity index (χ1) is 13.5. The molecule has 0 aliphatic heterocycles. The van der Waals surface area contributed by atoms with E-state index >= 15 is 0 Å². The number of hydrogen-bond donors (Lipinski definition) is 3. The first-order valence-electron chi connectivity index (χ1n) is 9.91. The third kappa shape index (κ3) is 10.1. The number of carbonyl (C=O) groups excluding carboxylic acids is 1. The van der Waals surface area contributed by atoms with Crippen molar-refractivity contribution in [2.24, 2.45) is 0 Å². The number of hydrogen-bond acceptors (Lipinski definition) is 5. The summed E-state index contributed by atoms with van der Waals surface area (Å²) in [5, 5.41) is 2.94. The van der Waals surface area contributed by atoms with Gasteiger partial charge in [0.15, 0.2) is 0 Å². The number of amides is 1. The van der Waals surface area contributed by atoms with Gasteiger partial charge in [-0.2, -0.15) is 0 Å². The van der Waals surface area contributed by atoms with Crippen LogP contribution in [0.2, 0.25) is 0 Å². The molecule has 160 valence electrons. The number of carbonyl (C=O) groups is 1. The van der Waals surface area contributed by atoms with Crippen LogP contribution in [0.3, 0.4) is 0 Å². The lowest BCUT2D eigenvalue weighted by Gasteiger charge is -2.28. The minimum Gasteiger partial charge on any atom is -0.444 e. The number of nitrogens with one attached hydrogen (secondary N) is 2. The van der Waals surface area contributed by atoms with Gasteiger partial charge in [0, 0.05) is 21.8 Å². The van der Waals surface area contributed by atoms with Crippen molar-refractivity contribution in [2.75, 3.05) is 10.5 Å². The predicted molar refractivity (Wildman–Crippen MR) is 125 cm³/mol. The molecule has 0 saturated heterocycles. The van der Waals surface area contributed by atoms with E-state index in [2.05, 4.69) is 22.2 Å². The second kappa shape index (κ2) is 11.0. The van der Waals surface area contributed by atoms with Crippen LogP contribution >= 0.6 is 11.9 Å². The highest BCUT2D eigenvalue weighted by Crippen LogP contribution is 2.23. The van der Waals surface area contributed by atoms with Gasteiger partial charge in [0.1, 0.15) is 5.60 Å². The smallest absolute Gasteiger partial charge is 0.408 e. The lowest BCUT2D eigenvalue weighted by atomic mass is 9.95. The molecular formula is C23H35N3O2S. The summed E-state index contributed by atoms with van der Waals surface area (Å²) in [6.45, 7) is 13.5. The number of alkyl carbamates (subject to hydrolysis) is 1. The number of rotatable bonds is 6. The van der Waals surface area contributed by atoms with Crippen molar-refractivity contribution in [3.05, 3.63) is 54.1 Å². The van der Waals surface area contributed by atoms with Crippen LogP contribution in [0.1, 0.15) is 54.0 Å². The molecular weight excluding hydrogens is 382 g/mol. The Morgan fingerprint density at radius 2 is 1.52 bits per heavy atom. The van der Waals surface area contributed by atoms with Gasteiger partial charge in [-0.1, -0.05) is 26.0 Å². The topological polar surface area (TPSA) is 76.4 Å². The largest absolute Gasteiger partial charge is 0.444 e. The molecule has 0 heterocycles. The standard InChI is InChI=1S/C21H29N3O2S.C2H6/c1-20(2,3)26-19(25)23-21(4,5)14-15-6-10-17(11-7-15)24-27-18-12-8-16(22)9-13-18;1-2/h6-13,24H,14,22H2,1-5H3,(H,23,25);1-2H3. The average molecular weight is 418 g/mol. The monoisotopic (exact) mass is 417 g/mol. The van der Waals surface area contributed by atoms with Crippen LogP contribution in [0.15, 0.2) is 53.4 Å². The second-order valence-electron chi connectivity index (χ2n) is 8.16. The average Bonchev–Trinajstić information content (AvgIpc) is 2.61. The van der Waals surface area contributed by atoms with Crippen molar-refractivity contribution in [1.29, 1.82) is 0 Å². The van der Waals surface area contributed by atoms with Crippen LogP contribution < -0.4 is 15.8 Å². The molecule has 0 radical (unpaired) electrons. The minimum absolute atomic E-state index is 0.398. The molecule has 0 saturated carbocycles. The maximum Gasteiger partial charge on any atom is 0.408 e. The molecule has 0 aromatic heterocycles.